The fourth-order valence-electron chi connectivity index (χ4n) is 4.71. The lowest BCUT2D eigenvalue weighted by Gasteiger charge is -2.34. The van der Waals surface area contributed by atoms with Crippen LogP contribution in [0.15, 0.2) is 40.9 Å². The van der Waals surface area contributed by atoms with Crippen molar-refractivity contribution in [1.82, 2.24) is 15.4 Å². The van der Waals surface area contributed by atoms with Gasteiger partial charge in [-0.25, -0.2) is 0 Å². The van der Waals surface area contributed by atoms with Crippen LogP contribution in [0.2, 0.25) is 0 Å². The predicted molar refractivity (Wildman–Crippen MR) is 122 cm³/mol. The Morgan fingerprint density at radius 1 is 1.25 bits per heavy atom. The Labute approximate surface area is 190 Å². The maximum atomic E-state index is 13.1. The van der Waals surface area contributed by atoms with Gasteiger partial charge in [-0.2, -0.15) is 0 Å². The average Bonchev–Trinajstić information content (AvgIpc) is 3.15. The molecule has 0 radical (unpaired) electrons. The van der Waals surface area contributed by atoms with Crippen LogP contribution in [-0.4, -0.2) is 52.7 Å². The van der Waals surface area contributed by atoms with Crippen LogP contribution in [0.4, 0.5) is 0 Å². The van der Waals surface area contributed by atoms with Crippen molar-refractivity contribution in [2.24, 2.45) is 5.92 Å². The van der Waals surface area contributed by atoms with Crippen LogP contribution in [0.3, 0.4) is 0 Å². The van der Waals surface area contributed by atoms with E-state index in [9.17, 15) is 14.7 Å². The molecule has 1 aromatic heterocycles. The van der Waals surface area contributed by atoms with Gasteiger partial charge in [-0.3, -0.25) is 9.59 Å². The highest BCUT2D eigenvalue weighted by atomic mass is 16.5. The topological polar surface area (TPSA) is 95.7 Å². The summed E-state index contributed by atoms with van der Waals surface area (Å²) in [5.74, 6) is 0.272. The predicted octanol–water partition coefficient (Wildman–Crippen LogP) is 3.32. The van der Waals surface area contributed by atoms with Crippen molar-refractivity contribution in [3.63, 3.8) is 0 Å². The van der Waals surface area contributed by atoms with Crippen molar-refractivity contribution < 1.29 is 19.2 Å². The van der Waals surface area contributed by atoms with E-state index in [-0.39, 0.29) is 29.0 Å². The molecule has 1 aromatic carbocycles. The molecule has 1 aliphatic carbocycles. The highest BCUT2D eigenvalue weighted by Gasteiger charge is 2.40. The highest BCUT2D eigenvalue weighted by Crippen LogP contribution is 2.39. The summed E-state index contributed by atoms with van der Waals surface area (Å²) in [5, 5.41) is 18.0. The number of carbonyl (C=O) groups excluding carboxylic acids is 2. The summed E-state index contributed by atoms with van der Waals surface area (Å²) in [6, 6.07) is 11.5. The van der Waals surface area contributed by atoms with Gasteiger partial charge in [0, 0.05) is 32.0 Å². The lowest BCUT2D eigenvalue weighted by Crippen LogP contribution is -2.44. The molecule has 1 aliphatic rings. The number of nitrogens with zero attached hydrogens (tertiary/aromatic N) is 2. The first-order chi connectivity index (χ1) is 15.2. The molecule has 0 bridgehead atoms. The number of amides is 2. The third-order valence-electron chi connectivity index (χ3n) is 6.55. The van der Waals surface area contributed by atoms with Gasteiger partial charge < -0.3 is 19.8 Å². The minimum atomic E-state index is -0.662. The minimum absolute atomic E-state index is 0.0727. The summed E-state index contributed by atoms with van der Waals surface area (Å²) >= 11 is 0. The lowest BCUT2D eigenvalue weighted by molar-refractivity contribution is -0.119. The Morgan fingerprint density at radius 2 is 1.94 bits per heavy atom. The Hall–Kier alpha value is -2.67. The zero-order chi connectivity index (χ0) is 23.3. The fourth-order valence-corrected chi connectivity index (χ4v) is 4.71. The van der Waals surface area contributed by atoms with Crippen LogP contribution in [0.5, 0.6) is 0 Å². The molecule has 174 valence electrons. The fraction of sp³-hybridized carbons (Fsp3) is 0.560. The smallest absolute Gasteiger partial charge is 0.292 e. The van der Waals surface area contributed by atoms with E-state index in [4.69, 9.17) is 4.52 Å². The van der Waals surface area contributed by atoms with E-state index in [1.807, 2.05) is 18.2 Å². The number of likely N-dealkylation sites (N-methyl/N-ethyl adjacent to an activating group) is 1. The van der Waals surface area contributed by atoms with Gasteiger partial charge in [-0.15, -0.1) is 0 Å². The molecular weight excluding hydrogens is 406 g/mol. The first-order valence-electron chi connectivity index (χ1n) is 11.4. The molecule has 0 saturated heterocycles. The Kier molecular flexibility index (Phi) is 7.72. The van der Waals surface area contributed by atoms with Crippen LogP contribution in [0.25, 0.3) is 0 Å². The maximum absolute atomic E-state index is 13.1. The molecular formula is C25H35N3O4. The van der Waals surface area contributed by atoms with E-state index in [1.54, 1.807) is 18.0 Å². The number of rotatable bonds is 7. The van der Waals surface area contributed by atoms with E-state index >= 15 is 0 Å². The Morgan fingerprint density at radius 3 is 2.59 bits per heavy atom. The number of aromatic nitrogens is 1. The van der Waals surface area contributed by atoms with Gasteiger partial charge in [0.2, 0.25) is 11.7 Å². The molecule has 7 heteroatoms. The van der Waals surface area contributed by atoms with Gasteiger partial charge in [0.25, 0.3) is 5.91 Å². The molecule has 3 atom stereocenters. The number of aliphatic hydroxyl groups is 1. The summed E-state index contributed by atoms with van der Waals surface area (Å²) in [4.78, 5) is 26.3. The molecule has 2 aromatic rings. The molecule has 32 heavy (non-hydrogen) atoms. The molecule has 1 fully saturated rings. The number of aliphatic hydroxyl groups excluding tert-OH is 1. The summed E-state index contributed by atoms with van der Waals surface area (Å²) in [6.45, 7) is 6.20. The number of hydrogen-bond donors (Lipinski definition) is 2. The second kappa shape index (κ2) is 10.3. The number of hydrogen-bond acceptors (Lipinski definition) is 5. The van der Waals surface area contributed by atoms with Crippen molar-refractivity contribution in [3.05, 3.63) is 53.4 Å². The first-order valence-corrected chi connectivity index (χ1v) is 11.4. The second-order valence-electron chi connectivity index (χ2n) is 9.46. The number of nitrogens with one attached hydrogen (secondary N) is 1. The number of carbonyl (C=O) groups is 2. The van der Waals surface area contributed by atoms with Gasteiger partial charge in [-0.05, 0) is 43.6 Å². The first kappa shape index (κ1) is 24.0. The molecule has 0 unspecified atom stereocenters. The standard InChI is InChI=1S/C25H35N3O4/c1-17(2)14-20-15-23(32-27-20)24(31)28(4)21-10-12-25(13-11-22(21)30,16-26-18(3)29)19-8-6-5-7-9-19/h5-9,15,17,21-22,30H,10-14,16H2,1-4H3,(H,26,29)/t21-,22-,25-/m1/s1. The van der Waals surface area contributed by atoms with Crippen molar-refractivity contribution in [2.45, 2.75) is 70.4 Å². The van der Waals surface area contributed by atoms with E-state index in [0.717, 1.165) is 30.5 Å². The van der Waals surface area contributed by atoms with Gasteiger partial charge in [0.1, 0.15) is 0 Å². The zero-order valence-electron chi connectivity index (χ0n) is 19.5. The van der Waals surface area contributed by atoms with Crippen molar-refractivity contribution >= 4 is 11.8 Å². The summed E-state index contributed by atoms with van der Waals surface area (Å²) in [6.07, 6.45) is 2.69. The van der Waals surface area contributed by atoms with Gasteiger partial charge in [-0.1, -0.05) is 49.3 Å². The minimum Gasteiger partial charge on any atom is -0.391 e. The molecule has 7 nitrogen and oxygen atoms in total. The SMILES string of the molecule is CC(=O)NC[C@]1(c2ccccc2)CC[C@@H](O)[C@H](N(C)C(=O)c2cc(CC(C)C)no2)CC1. The van der Waals surface area contributed by atoms with Gasteiger partial charge in [0.15, 0.2) is 0 Å². The van der Waals surface area contributed by atoms with E-state index in [1.165, 1.54) is 6.92 Å². The Balaban J connectivity index is 1.78. The van der Waals surface area contributed by atoms with Crippen LogP contribution >= 0.6 is 0 Å². The molecule has 3 rings (SSSR count). The van der Waals surface area contributed by atoms with Crippen LogP contribution in [0, 0.1) is 5.92 Å². The largest absolute Gasteiger partial charge is 0.391 e. The van der Waals surface area contributed by atoms with Crippen LogP contribution in [0.1, 0.15) is 68.3 Å². The average molecular weight is 442 g/mol. The quantitative estimate of drug-likeness (QED) is 0.643. The van der Waals surface area contributed by atoms with Crippen molar-refractivity contribution in [2.75, 3.05) is 13.6 Å². The van der Waals surface area contributed by atoms with E-state index < -0.39 is 6.10 Å². The third-order valence-corrected chi connectivity index (χ3v) is 6.55. The van der Waals surface area contributed by atoms with Crippen LogP contribution < -0.4 is 5.32 Å². The summed E-state index contributed by atoms with van der Waals surface area (Å²) < 4.78 is 5.31. The lowest BCUT2D eigenvalue weighted by atomic mass is 9.74. The summed E-state index contributed by atoms with van der Waals surface area (Å²) in [5.41, 5.74) is 1.61. The molecule has 0 spiro atoms. The zero-order valence-corrected chi connectivity index (χ0v) is 19.5. The highest BCUT2D eigenvalue weighted by molar-refractivity contribution is 5.91. The van der Waals surface area contributed by atoms with Gasteiger partial charge in [0.05, 0.1) is 17.8 Å². The normalized spacial score (nSPS) is 23.6. The molecule has 1 heterocycles. The monoisotopic (exact) mass is 441 g/mol. The van der Waals surface area contributed by atoms with E-state index in [0.29, 0.717) is 25.3 Å². The summed E-state index contributed by atoms with van der Waals surface area (Å²) in [7, 11) is 1.71. The molecule has 2 amide bonds. The van der Waals surface area contributed by atoms with Gasteiger partial charge >= 0.3 is 0 Å². The van der Waals surface area contributed by atoms with Crippen molar-refractivity contribution in [1.29, 1.82) is 0 Å². The molecule has 2 N–H and O–H groups in total. The molecule has 1 saturated carbocycles. The van der Waals surface area contributed by atoms with Crippen LogP contribution in [-0.2, 0) is 16.6 Å². The maximum Gasteiger partial charge on any atom is 0.292 e. The third kappa shape index (κ3) is 5.57. The number of benzene rings is 1. The second-order valence-corrected chi connectivity index (χ2v) is 9.46. The Bertz CT molecular complexity index is 911. The van der Waals surface area contributed by atoms with E-state index in [2.05, 4.69) is 36.5 Å². The molecule has 0 aliphatic heterocycles. The van der Waals surface area contributed by atoms with Crippen molar-refractivity contribution in [3.8, 4) is 0 Å².